The van der Waals surface area contributed by atoms with E-state index in [4.69, 9.17) is 0 Å². The van der Waals surface area contributed by atoms with Crippen molar-refractivity contribution in [3.05, 3.63) is 12.4 Å². The molecule has 0 unspecified atom stereocenters. The Morgan fingerprint density at radius 2 is 2.44 bits per heavy atom. The standard InChI is InChI=1S/C9H10FN5Se/c10-9-14-7-6(11-4-12-7)8(15-9)13-5-1-2-16-3-5/h4-5H,1-3H2,(H2,11,12,13,14,15)/t5-/m0/s1. The molecule has 0 radical (unpaired) electrons. The fourth-order valence-electron chi connectivity index (χ4n) is 1.75. The van der Waals surface area contributed by atoms with E-state index in [1.54, 1.807) is 0 Å². The van der Waals surface area contributed by atoms with Crippen LogP contribution in [-0.4, -0.2) is 40.9 Å². The Kier molecular flexibility index (Phi) is 2.49. The SMILES string of the molecule is Fc1nc(N[C@H]2CC[Se]C2)c2[nH]cnc2n1. The van der Waals surface area contributed by atoms with Crippen LogP contribution in [-0.2, 0) is 0 Å². The van der Waals surface area contributed by atoms with Gasteiger partial charge in [-0.15, -0.1) is 0 Å². The number of halogens is 1. The Hall–Kier alpha value is -1.20. The summed E-state index contributed by atoms with van der Waals surface area (Å²) < 4.78 is 13.1. The number of H-pyrrole nitrogens is 1. The van der Waals surface area contributed by atoms with Gasteiger partial charge in [0.2, 0.25) is 0 Å². The number of hydrogen-bond donors (Lipinski definition) is 2. The molecule has 0 aliphatic carbocycles. The van der Waals surface area contributed by atoms with Crippen LogP contribution in [0.1, 0.15) is 6.42 Å². The molecule has 3 rings (SSSR count). The Bertz CT molecular complexity index is 508. The minimum absolute atomic E-state index is 0.374. The molecule has 1 saturated heterocycles. The van der Waals surface area contributed by atoms with Crippen LogP contribution in [0.3, 0.4) is 0 Å². The summed E-state index contributed by atoms with van der Waals surface area (Å²) in [5.41, 5.74) is 1.05. The molecule has 3 heterocycles. The second-order valence-electron chi connectivity index (χ2n) is 3.65. The number of fused-ring (bicyclic) bond motifs is 1. The molecule has 0 aromatic carbocycles. The third kappa shape index (κ3) is 1.76. The van der Waals surface area contributed by atoms with Crippen LogP contribution < -0.4 is 5.32 Å². The van der Waals surface area contributed by atoms with Crippen molar-refractivity contribution < 1.29 is 4.39 Å². The van der Waals surface area contributed by atoms with Crippen molar-refractivity contribution in [2.45, 2.75) is 23.1 Å². The normalized spacial score (nSPS) is 20.4. The molecule has 1 aliphatic heterocycles. The van der Waals surface area contributed by atoms with Crippen LogP contribution in [0.25, 0.3) is 11.2 Å². The molecule has 1 fully saturated rings. The van der Waals surface area contributed by atoms with E-state index in [0.717, 1.165) is 21.4 Å². The molecule has 2 N–H and O–H groups in total. The monoisotopic (exact) mass is 287 g/mol. The first-order valence-corrected chi connectivity index (χ1v) is 7.46. The summed E-state index contributed by atoms with van der Waals surface area (Å²) in [5, 5.41) is 5.72. The Labute approximate surface area is 97.4 Å². The fourth-order valence-corrected chi connectivity index (χ4v) is 4.17. The molecule has 2 aromatic heterocycles. The zero-order chi connectivity index (χ0) is 11.0. The number of nitrogens with zero attached hydrogens (tertiary/aromatic N) is 3. The number of hydrogen-bond acceptors (Lipinski definition) is 4. The molecule has 1 atom stereocenters. The van der Waals surface area contributed by atoms with E-state index >= 15 is 0 Å². The van der Waals surface area contributed by atoms with E-state index in [1.165, 1.54) is 17.0 Å². The van der Waals surface area contributed by atoms with Gasteiger partial charge in [-0.25, -0.2) is 0 Å². The molecule has 16 heavy (non-hydrogen) atoms. The Balaban J connectivity index is 1.97. The average molecular weight is 286 g/mol. The van der Waals surface area contributed by atoms with Crippen LogP contribution in [0, 0.1) is 6.08 Å². The van der Waals surface area contributed by atoms with Gasteiger partial charge in [0.05, 0.1) is 0 Å². The van der Waals surface area contributed by atoms with Crippen molar-refractivity contribution >= 4 is 31.9 Å². The number of aromatic nitrogens is 4. The molecule has 0 amide bonds. The summed E-state index contributed by atoms with van der Waals surface area (Å²) in [6.07, 6.45) is 1.91. The minimum atomic E-state index is -0.731. The van der Waals surface area contributed by atoms with Crippen molar-refractivity contribution in [3.8, 4) is 0 Å². The first kappa shape index (κ1) is 9.99. The number of aromatic amines is 1. The number of nitrogens with one attached hydrogen (secondary N) is 2. The topological polar surface area (TPSA) is 66.5 Å². The molecular formula is C9H10FN5Se. The van der Waals surface area contributed by atoms with Crippen LogP contribution >= 0.6 is 0 Å². The van der Waals surface area contributed by atoms with Crippen LogP contribution in [0.15, 0.2) is 6.33 Å². The van der Waals surface area contributed by atoms with Crippen molar-refractivity contribution in [2.75, 3.05) is 5.32 Å². The van der Waals surface area contributed by atoms with Gasteiger partial charge in [-0.2, -0.15) is 0 Å². The van der Waals surface area contributed by atoms with Gasteiger partial charge in [-0.05, 0) is 0 Å². The molecule has 5 nitrogen and oxygen atoms in total. The first-order chi connectivity index (χ1) is 7.83. The van der Waals surface area contributed by atoms with Gasteiger partial charge in [0, 0.05) is 0 Å². The number of anilines is 1. The maximum absolute atomic E-state index is 13.1. The second kappa shape index (κ2) is 3.99. The third-order valence-electron chi connectivity index (χ3n) is 2.53. The predicted octanol–water partition coefficient (Wildman–Crippen LogP) is 1.22. The summed E-state index contributed by atoms with van der Waals surface area (Å²) in [5.74, 6) is 0.530. The summed E-state index contributed by atoms with van der Waals surface area (Å²) >= 11 is 0.719. The van der Waals surface area contributed by atoms with Crippen LogP contribution in [0.2, 0.25) is 10.6 Å². The number of imidazole rings is 1. The predicted molar refractivity (Wildman–Crippen MR) is 59.0 cm³/mol. The molecule has 1 aliphatic rings. The van der Waals surface area contributed by atoms with Gasteiger partial charge >= 0.3 is 97.1 Å². The third-order valence-corrected chi connectivity index (χ3v) is 4.97. The molecule has 84 valence electrons. The van der Waals surface area contributed by atoms with E-state index in [1.807, 2.05) is 0 Å². The van der Waals surface area contributed by atoms with Gasteiger partial charge in [-0.1, -0.05) is 0 Å². The van der Waals surface area contributed by atoms with Crippen molar-refractivity contribution in [2.24, 2.45) is 0 Å². The quantitative estimate of drug-likeness (QED) is 0.643. The molecule has 0 saturated carbocycles. The van der Waals surface area contributed by atoms with E-state index in [9.17, 15) is 4.39 Å². The van der Waals surface area contributed by atoms with Gasteiger partial charge in [0.25, 0.3) is 0 Å². The molecule has 7 heteroatoms. The average Bonchev–Trinajstić information content (AvgIpc) is 2.87. The molecule has 0 bridgehead atoms. The van der Waals surface area contributed by atoms with Crippen molar-refractivity contribution in [3.63, 3.8) is 0 Å². The zero-order valence-electron chi connectivity index (χ0n) is 8.40. The fraction of sp³-hybridized carbons (Fsp3) is 0.444. The van der Waals surface area contributed by atoms with Gasteiger partial charge < -0.3 is 0 Å². The van der Waals surface area contributed by atoms with Gasteiger partial charge in [-0.3, -0.25) is 0 Å². The number of rotatable bonds is 2. The van der Waals surface area contributed by atoms with Crippen LogP contribution in [0.5, 0.6) is 0 Å². The van der Waals surface area contributed by atoms with E-state index in [-0.39, 0.29) is 0 Å². The van der Waals surface area contributed by atoms with Gasteiger partial charge in [0.1, 0.15) is 0 Å². The van der Waals surface area contributed by atoms with Crippen LogP contribution in [0.4, 0.5) is 10.2 Å². The summed E-state index contributed by atoms with van der Waals surface area (Å²) in [6.45, 7) is 0. The zero-order valence-corrected chi connectivity index (χ0v) is 10.1. The van der Waals surface area contributed by atoms with E-state index in [2.05, 4.69) is 25.3 Å². The second-order valence-corrected chi connectivity index (χ2v) is 6.06. The van der Waals surface area contributed by atoms with Crippen molar-refractivity contribution in [1.29, 1.82) is 0 Å². The Morgan fingerprint density at radius 3 is 3.25 bits per heavy atom. The van der Waals surface area contributed by atoms with E-state index in [0.29, 0.717) is 23.0 Å². The molecule has 0 spiro atoms. The molecular weight excluding hydrogens is 276 g/mol. The van der Waals surface area contributed by atoms with E-state index < -0.39 is 6.08 Å². The summed E-state index contributed by atoms with van der Waals surface area (Å²) in [4.78, 5) is 14.3. The first-order valence-electron chi connectivity index (χ1n) is 5.04. The van der Waals surface area contributed by atoms with Gasteiger partial charge in [0.15, 0.2) is 0 Å². The van der Waals surface area contributed by atoms with Crippen molar-refractivity contribution in [1.82, 2.24) is 19.9 Å². The molecule has 2 aromatic rings. The summed E-state index contributed by atoms with van der Waals surface area (Å²) in [6, 6.07) is 0.417. The summed E-state index contributed by atoms with van der Waals surface area (Å²) in [7, 11) is 0. The Morgan fingerprint density at radius 1 is 1.50 bits per heavy atom. The maximum atomic E-state index is 13.1.